The van der Waals surface area contributed by atoms with E-state index in [0.29, 0.717) is 22.6 Å². The van der Waals surface area contributed by atoms with E-state index in [2.05, 4.69) is 12.6 Å². The van der Waals surface area contributed by atoms with Gasteiger partial charge < -0.3 is 4.74 Å². The van der Waals surface area contributed by atoms with Crippen molar-refractivity contribution in [3.05, 3.63) is 119 Å². The molecule has 0 unspecified atom stereocenters. The Hall–Kier alpha value is -3.68. The summed E-state index contributed by atoms with van der Waals surface area (Å²) >= 11 is 4.24. The number of Topliss-reactive ketones (excluding diaryl/α,β-unsaturated/α-hetero) is 1. The Morgan fingerprint density at radius 2 is 1.11 bits per heavy atom. The van der Waals surface area contributed by atoms with E-state index in [1.807, 2.05) is 6.92 Å². The smallest absolute Gasteiger partial charge is 0.193 e. The maximum absolute atomic E-state index is 13.2. The molecule has 0 heterocycles. The summed E-state index contributed by atoms with van der Waals surface area (Å²) in [6, 6.07) is 26.5. The van der Waals surface area contributed by atoms with E-state index < -0.39 is 20.4 Å². The third-order valence-electron chi connectivity index (χ3n) is 6.15. The predicted molar refractivity (Wildman–Crippen MR) is 147 cm³/mol. The lowest BCUT2D eigenvalue weighted by molar-refractivity contribution is 0.0953. The van der Waals surface area contributed by atoms with Gasteiger partial charge in [-0.2, -0.15) is 0 Å². The van der Waals surface area contributed by atoms with Gasteiger partial charge in [0.15, 0.2) is 21.4 Å². The molecular formula is C30H26O5S2. The molecule has 0 spiro atoms. The highest BCUT2D eigenvalue weighted by Crippen LogP contribution is 2.30. The maximum atomic E-state index is 13.2. The Morgan fingerprint density at radius 1 is 0.676 bits per heavy atom. The number of thiol groups is 1. The van der Waals surface area contributed by atoms with Crippen molar-refractivity contribution in [3.8, 4) is 11.5 Å². The van der Waals surface area contributed by atoms with E-state index in [1.165, 1.54) is 26.0 Å². The number of sulfone groups is 1. The summed E-state index contributed by atoms with van der Waals surface area (Å²) in [6.45, 7) is 4.71. The topological polar surface area (TPSA) is 77.5 Å². The molecule has 5 nitrogen and oxygen atoms in total. The number of rotatable bonds is 8. The van der Waals surface area contributed by atoms with E-state index in [9.17, 15) is 18.0 Å². The molecule has 0 saturated carbocycles. The van der Waals surface area contributed by atoms with Gasteiger partial charge in [0.2, 0.25) is 0 Å². The van der Waals surface area contributed by atoms with Crippen LogP contribution in [-0.4, -0.2) is 24.7 Å². The fraction of sp³-hybridized carbons (Fsp3) is 0.133. The highest BCUT2D eigenvalue weighted by molar-refractivity contribution is 7.93. The second kappa shape index (κ2) is 10.4. The molecule has 0 aliphatic heterocycles. The first-order valence-electron chi connectivity index (χ1n) is 11.6. The minimum Gasteiger partial charge on any atom is -0.457 e. The molecule has 7 heteroatoms. The SMILES string of the molecule is Cc1ccc(S(=O)(=O)C(C)(C)C(=O)c2ccc(Oc3ccc(C(=O)c4ccc(S)cc4)cc3)cc2)cc1. The van der Waals surface area contributed by atoms with Crippen molar-refractivity contribution in [2.45, 2.75) is 35.3 Å². The first-order valence-corrected chi connectivity index (χ1v) is 13.5. The van der Waals surface area contributed by atoms with Crippen molar-refractivity contribution in [1.82, 2.24) is 0 Å². The summed E-state index contributed by atoms with van der Waals surface area (Å²) < 4.78 is 30.6. The molecule has 0 aliphatic rings. The van der Waals surface area contributed by atoms with Crippen molar-refractivity contribution in [2.75, 3.05) is 0 Å². The molecule has 0 radical (unpaired) electrons. The Morgan fingerprint density at radius 3 is 1.59 bits per heavy atom. The van der Waals surface area contributed by atoms with Crippen LogP contribution in [0.5, 0.6) is 11.5 Å². The van der Waals surface area contributed by atoms with Gasteiger partial charge in [-0.15, -0.1) is 12.6 Å². The molecular weight excluding hydrogens is 504 g/mol. The fourth-order valence-electron chi connectivity index (χ4n) is 3.75. The normalized spacial score (nSPS) is 11.7. The monoisotopic (exact) mass is 530 g/mol. The number of ether oxygens (including phenoxy) is 1. The molecule has 0 N–H and O–H groups in total. The van der Waals surface area contributed by atoms with E-state index in [0.717, 1.165) is 10.5 Å². The van der Waals surface area contributed by atoms with Crippen molar-refractivity contribution in [2.24, 2.45) is 0 Å². The van der Waals surface area contributed by atoms with Gasteiger partial charge in [0.25, 0.3) is 0 Å². The second-order valence-electron chi connectivity index (χ2n) is 9.18. The fourth-order valence-corrected chi connectivity index (χ4v) is 5.34. The van der Waals surface area contributed by atoms with Gasteiger partial charge in [0.05, 0.1) is 4.90 Å². The van der Waals surface area contributed by atoms with Crippen LogP contribution in [-0.2, 0) is 9.84 Å². The summed E-state index contributed by atoms with van der Waals surface area (Å²) in [5.74, 6) is 0.377. The first-order chi connectivity index (χ1) is 17.5. The van der Waals surface area contributed by atoms with Crippen LogP contribution in [0.25, 0.3) is 0 Å². The first kappa shape index (κ1) is 26.4. The summed E-state index contributed by atoms with van der Waals surface area (Å²) in [5.41, 5.74) is 2.29. The largest absolute Gasteiger partial charge is 0.457 e. The third kappa shape index (κ3) is 5.53. The maximum Gasteiger partial charge on any atom is 0.193 e. The summed E-state index contributed by atoms with van der Waals surface area (Å²) in [4.78, 5) is 26.7. The highest BCUT2D eigenvalue weighted by atomic mass is 32.2. The van der Waals surface area contributed by atoms with Crippen LogP contribution in [0.3, 0.4) is 0 Å². The van der Waals surface area contributed by atoms with E-state index >= 15 is 0 Å². The second-order valence-corrected chi connectivity index (χ2v) is 12.2. The Balaban J connectivity index is 1.46. The van der Waals surface area contributed by atoms with Crippen molar-refractivity contribution in [1.29, 1.82) is 0 Å². The predicted octanol–water partition coefficient (Wildman–Crippen LogP) is 6.74. The molecule has 188 valence electrons. The van der Waals surface area contributed by atoms with Crippen LogP contribution in [0.4, 0.5) is 0 Å². The van der Waals surface area contributed by atoms with Crippen LogP contribution >= 0.6 is 12.6 Å². The molecule has 4 rings (SSSR count). The molecule has 0 fully saturated rings. The molecule has 0 atom stereocenters. The number of aryl methyl sites for hydroxylation is 1. The van der Waals surface area contributed by atoms with Crippen LogP contribution in [0.2, 0.25) is 0 Å². The standard InChI is InChI=1S/C30H26O5S2/c1-20-4-18-27(19-5-20)37(33,34)30(2,3)29(32)23-8-14-25(15-9-23)35-24-12-6-21(7-13-24)28(31)22-10-16-26(36)17-11-22/h4-19,36H,1-3H3. The number of carbonyl (C=O) groups is 2. The Labute approximate surface area is 222 Å². The zero-order chi connectivity index (χ0) is 26.8. The van der Waals surface area contributed by atoms with Gasteiger partial charge in [0, 0.05) is 21.6 Å². The lowest BCUT2D eigenvalue weighted by Crippen LogP contribution is -2.40. The van der Waals surface area contributed by atoms with E-state index in [4.69, 9.17) is 4.74 Å². The number of hydrogen-bond donors (Lipinski definition) is 1. The van der Waals surface area contributed by atoms with Crippen LogP contribution in [0.1, 0.15) is 45.7 Å². The summed E-state index contributed by atoms with van der Waals surface area (Å²) in [6.07, 6.45) is 0. The average Bonchev–Trinajstić information content (AvgIpc) is 2.89. The average molecular weight is 531 g/mol. The molecule has 0 aliphatic carbocycles. The Bertz CT molecular complexity index is 1530. The zero-order valence-corrected chi connectivity index (χ0v) is 22.3. The van der Waals surface area contributed by atoms with Crippen LogP contribution < -0.4 is 4.74 Å². The number of ketones is 2. The number of hydrogen-bond acceptors (Lipinski definition) is 6. The summed E-state index contributed by atoms with van der Waals surface area (Å²) in [7, 11) is -3.91. The zero-order valence-electron chi connectivity index (χ0n) is 20.6. The minimum absolute atomic E-state index is 0.106. The van der Waals surface area contributed by atoms with Crippen LogP contribution in [0.15, 0.2) is 107 Å². The van der Waals surface area contributed by atoms with Gasteiger partial charge in [0.1, 0.15) is 16.2 Å². The molecule has 0 saturated heterocycles. The van der Waals surface area contributed by atoms with Crippen molar-refractivity contribution < 1.29 is 22.7 Å². The molecule has 0 bridgehead atoms. The number of benzene rings is 4. The quantitative estimate of drug-likeness (QED) is 0.202. The van der Waals surface area contributed by atoms with E-state index in [1.54, 1.807) is 84.9 Å². The molecule has 0 aromatic heterocycles. The molecule has 4 aromatic rings. The van der Waals surface area contributed by atoms with Crippen molar-refractivity contribution >= 4 is 34.0 Å². The van der Waals surface area contributed by atoms with Gasteiger partial charge in [-0.3, -0.25) is 9.59 Å². The van der Waals surface area contributed by atoms with Crippen molar-refractivity contribution in [3.63, 3.8) is 0 Å². The molecule has 4 aromatic carbocycles. The summed E-state index contributed by atoms with van der Waals surface area (Å²) in [5, 5.41) is 0. The van der Waals surface area contributed by atoms with Gasteiger partial charge >= 0.3 is 0 Å². The third-order valence-corrected chi connectivity index (χ3v) is 8.87. The number of carbonyl (C=O) groups excluding carboxylic acids is 2. The Kier molecular flexibility index (Phi) is 7.39. The molecule has 0 amide bonds. The van der Waals surface area contributed by atoms with E-state index in [-0.39, 0.29) is 16.2 Å². The van der Waals surface area contributed by atoms with Crippen LogP contribution in [0, 0.1) is 6.92 Å². The highest BCUT2D eigenvalue weighted by Gasteiger charge is 2.43. The minimum atomic E-state index is -3.91. The van der Waals surface area contributed by atoms with Gasteiger partial charge in [-0.25, -0.2) is 8.42 Å². The van der Waals surface area contributed by atoms with Gasteiger partial charge in [-0.05, 0) is 106 Å². The van der Waals surface area contributed by atoms with Gasteiger partial charge in [-0.1, -0.05) is 17.7 Å². The lowest BCUT2D eigenvalue weighted by atomic mass is 10.0. The molecule has 37 heavy (non-hydrogen) atoms. The lowest BCUT2D eigenvalue weighted by Gasteiger charge is -2.23.